The van der Waals surface area contributed by atoms with Crippen LogP contribution < -0.4 is 24.8 Å². The lowest BCUT2D eigenvalue weighted by Crippen LogP contribution is -2.36. The SMILES string of the molecule is C=CCOc1ccccc1CNC(=NCc1ccc(OC)c(OC)c1)NCC.I. The van der Waals surface area contributed by atoms with Crippen molar-refractivity contribution in [1.82, 2.24) is 10.6 Å². The van der Waals surface area contributed by atoms with E-state index in [2.05, 4.69) is 22.2 Å². The molecule has 0 saturated heterocycles. The first-order chi connectivity index (χ1) is 13.7. The second-order valence-electron chi connectivity index (χ2n) is 5.95. The van der Waals surface area contributed by atoms with E-state index in [9.17, 15) is 0 Å². The van der Waals surface area contributed by atoms with Gasteiger partial charge in [-0.15, -0.1) is 24.0 Å². The highest BCUT2D eigenvalue weighted by molar-refractivity contribution is 14.0. The average Bonchev–Trinajstić information content (AvgIpc) is 2.74. The van der Waals surface area contributed by atoms with Crippen LogP contribution in [0.1, 0.15) is 18.1 Å². The molecular weight excluding hydrogens is 481 g/mol. The van der Waals surface area contributed by atoms with E-state index in [-0.39, 0.29) is 24.0 Å². The maximum atomic E-state index is 5.71. The van der Waals surface area contributed by atoms with Gasteiger partial charge >= 0.3 is 0 Å². The Labute approximate surface area is 190 Å². The molecule has 0 spiro atoms. The maximum Gasteiger partial charge on any atom is 0.191 e. The molecule has 0 aliphatic rings. The number of ether oxygens (including phenoxy) is 3. The molecule has 2 N–H and O–H groups in total. The third-order valence-corrected chi connectivity index (χ3v) is 3.99. The highest BCUT2D eigenvalue weighted by Crippen LogP contribution is 2.27. The molecule has 2 aromatic carbocycles. The Morgan fingerprint density at radius 2 is 1.79 bits per heavy atom. The molecule has 158 valence electrons. The predicted octanol–water partition coefficient (Wildman–Crippen LogP) is 4.14. The van der Waals surface area contributed by atoms with Crippen LogP contribution in [-0.2, 0) is 13.1 Å². The Bertz CT molecular complexity index is 797. The zero-order valence-corrected chi connectivity index (χ0v) is 19.6. The first kappa shape index (κ1) is 24.6. The monoisotopic (exact) mass is 511 g/mol. The Hall–Kier alpha value is -2.42. The van der Waals surface area contributed by atoms with Gasteiger partial charge in [-0.05, 0) is 30.7 Å². The summed E-state index contributed by atoms with van der Waals surface area (Å²) in [6, 6.07) is 13.7. The Morgan fingerprint density at radius 1 is 1.03 bits per heavy atom. The number of nitrogens with zero attached hydrogens (tertiary/aromatic N) is 1. The summed E-state index contributed by atoms with van der Waals surface area (Å²) in [4.78, 5) is 4.66. The Morgan fingerprint density at radius 3 is 2.48 bits per heavy atom. The summed E-state index contributed by atoms with van der Waals surface area (Å²) < 4.78 is 16.3. The van der Waals surface area contributed by atoms with E-state index in [0.717, 1.165) is 29.4 Å². The fraction of sp³-hybridized carbons (Fsp3) is 0.318. The standard InChI is InChI=1S/C22H29N3O3.HI/c1-5-13-28-19-10-8-7-9-18(19)16-25-22(23-6-2)24-15-17-11-12-20(26-3)21(14-17)27-4;/h5,7-12,14H,1,6,13,15-16H2,2-4H3,(H2,23,24,25);1H. The van der Waals surface area contributed by atoms with Crippen molar-refractivity contribution in [2.45, 2.75) is 20.0 Å². The van der Waals surface area contributed by atoms with Gasteiger partial charge < -0.3 is 24.8 Å². The number of hydrogen-bond donors (Lipinski definition) is 2. The predicted molar refractivity (Wildman–Crippen MR) is 129 cm³/mol. The van der Waals surface area contributed by atoms with E-state index in [0.29, 0.717) is 31.2 Å². The normalized spacial score (nSPS) is 10.5. The topological polar surface area (TPSA) is 64.1 Å². The molecule has 0 radical (unpaired) electrons. The van der Waals surface area contributed by atoms with Crippen LogP contribution in [0.25, 0.3) is 0 Å². The third kappa shape index (κ3) is 7.84. The van der Waals surface area contributed by atoms with Gasteiger partial charge in [0.25, 0.3) is 0 Å². The van der Waals surface area contributed by atoms with Crippen molar-refractivity contribution < 1.29 is 14.2 Å². The number of guanidine groups is 1. The van der Waals surface area contributed by atoms with Crippen molar-refractivity contribution in [3.63, 3.8) is 0 Å². The number of hydrogen-bond acceptors (Lipinski definition) is 4. The molecule has 29 heavy (non-hydrogen) atoms. The van der Waals surface area contributed by atoms with Gasteiger partial charge in [-0.2, -0.15) is 0 Å². The highest BCUT2D eigenvalue weighted by Gasteiger charge is 2.06. The van der Waals surface area contributed by atoms with Crippen LogP contribution in [0.3, 0.4) is 0 Å². The number of nitrogens with one attached hydrogen (secondary N) is 2. The second kappa shape index (κ2) is 13.7. The molecule has 0 aliphatic carbocycles. The zero-order valence-electron chi connectivity index (χ0n) is 17.2. The number of halogens is 1. The van der Waals surface area contributed by atoms with Crippen LogP contribution >= 0.6 is 24.0 Å². The van der Waals surface area contributed by atoms with E-state index >= 15 is 0 Å². The van der Waals surface area contributed by atoms with Gasteiger partial charge in [-0.25, -0.2) is 4.99 Å². The molecule has 0 saturated carbocycles. The minimum atomic E-state index is 0. The Kier molecular flexibility index (Phi) is 11.6. The molecule has 6 nitrogen and oxygen atoms in total. The first-order valence-corrected chi connectivity index (χ1v) is 9.26. The maximum absolute atomic E-state index is 5.71. The van der Waals surface area contributed by atoms with Crippen molar-refractivity contribution in [2.24, 2.45) is 4.99 Å². The molecule has 0 heterocycles. The van der Waals surface area contributed by atoms with E-state index in [1.807, 2.05) is 49.4 Å². The zero-order chi connectivity index (χ0) is 20.2. The van der Waals surface area contributed by atoms with E-state index in [1.165, 1.54) is 0 Å². The highest BCUT2D eigenvalue weighted by atomic mass is 127. The molecule has 2 aromatic rings. The van der Waals surface area contributed by atoms with Gasteiger partial charge in [-0.1, -0.05) is 36.9 Å². The third-order valence-electron chi connectivity index (χ3n) is 3.99. The number of para-hydroxylation sites is 1. The van der Waals surface area contributed by atoms with E-state index in [4.69, 9.17) is 14.2 Å². The molecule has 2 rings (SSSR count). The fourth-order valence-electron chi connectivity index (χ4n) is 2.61. The van der Waals surface area contributed by atoms with E-state index in [1.54, 1.807) is 20.3 Å². The van der Waals surface area contributed by atoms with Gasteiger partial charge in [0.1, 0.15) is 12.4 Å². The van der Waals surface area contributed by atoms with Crippen LogP contribution in [0.15, 0.2) is 60.1 Å². The van der Waals surface area contributed by atoms with Crippen LogP contribution in [0, 0.1) is 0 Å². The average molecular weight is 511 g/mol. The van der Waals surface area contributed by atoms with Crippen LogP contribution in [-0.4, -0.2) is 33.3 Å². The van der Waals surface area contributed by atoms with Crippen molar-refractivity contribution in [2.75, 3.05) is 27.4 Å². The van der Waals surface area contributed by atoms with Crippen LogP contribution in [0.4, 0.5) is 0 Å². The molecule has 0 fully saturated rings. The summed E-state index contributed by atoms with van der Waals surface area (Å²) >= 11 is 0. The van der Waals surface area contributed by atoms with Crippen LogP contribution in [0.2, 0.25) is 0 Å². The van der Waals surface area contributed by atoms with Gasteiger partial charge in [0.15, 0.2) is 17.5 Å². The Balaban J connectivity index is 0.00000420. The van der Waals surface area contributed by atoms with Gasteiger partial charge in [-0.3, -0.25) is 0 Å². The number of aliphatic imine (C=N–C) groups is 1. The molecule has 0 aliphatic heterocycles. The van der Waals surface area contributed by atoms with E-state index < -0.39 is 0 Å². The molecule has 0 aromatic heterocycles. The largest absolute Gasteiger partial charge is 0.493 e. The molecular formula is C22H30IN3O3. The summed E-state index contributed by atoms with van der Waals surface area (Å²) in [6.07, 6.45) is 1.73. The minimum Gasteiger partial charge on any atom is -0.493 e. The smallest absolute Gasteiger partial charge is 0.191 e. The summed E-state index contributed by atoms with van der Waals surface area (Å²) in [7, 11) is 3.25. The quantitative estimate of drug-likeness (QED) is 0.217. The van der Waals surface area contributed by atoms with Crippen molar-refractivity contribution in [1.29, 1.82) is 0 Å². The fourth-order valence-corrected chi connectivity index (χ4v) is 2.61. The van der Waals surface area contributed by atoms with Crippen LogP contribution in [0.5, 0.6) is 17.2 Å². The summed E-state index contributed by atoms with van der Waals surface area (Å²) in [5, 5.41) is 6.62. The van der Waals surface area contributed by atoms with Gasteiger partial charge in [0.05, 0.1) is 20.8 Å². The number of benzene rings is 2. The summed E-state index contributed by atoms with van der Waals surface area (Å²) in [5.74, 6) is 2.97. The van der Waals surface area contributed by atoms with Gasteiger partial charge in [0, 0.05) is 18.7 Å². The summed E-state index contributed by atoms with van der Waals surface area (Å²) in [6.45, 7) is 8.10. The lowest BCUT2D eigenvalue weighted by Gasteiger charge is -2.14. The molecule has 0 bridgehead atoms. The first-order valence-electron chi connectivity index (χ1n) is 9.26. The minimum absolute atomic E-state index is 0. The number of methoxy groups -OCH3 is 2. The molecule has 0 amide bonds. The van der Waals surface area contributed by atoms with Crippen molar-refractivity contribution in [3.05, 3.63) is 66.2 Å². The lowest BCUT2D eigenvalue weighted by molar-refractivity contribution is 0.354. The second-order valence-corrected chi connectivity index (χ2v) is 5.95. The molecule has 0 atom stereocenters. The van der Waals surface area contributed by atoms with Crippen molar-refractivity contribution >= 4 is 29.9 Å². The summed E-state index contributed by atoms with van der Waals surface area (Å²) in [5.41, 5.74) is 2.09. The van der Waals surface area contributed by atoms with Gasteiger partial charge in [0.2, 0.25) is 0 Å². The number of rotatable bonds is 10. The lowest BCUT2D eigenvalue weighted by atomic mass is 10.2. The molecule has 7 heteroatoms. The van der Waals surface area contributed by atoms with Crippen molar-refractivity contribution in [3.8, 4) is 17.2 Å². The molecule has 0 unspecified atom stereocenters.